The molecule has 1 aromatic heterocycles. The number of hydrogen-bond acceptors (Lipinski definition) is 3. The first kappa shape index (κ1) is 13.6. The van der Waals surface area contributed by atoms with Gasteiger partial charge in [0.1, 0.15) is 5.78 Å². The Bertz CT molecular complexity index is 350. The van der Waals surface area contributed by atoms with Gasteiger partial charge in [0.15, 0.2) is 5.13 Å². The summed E-state index contributed by atoms with van der Waals surface area (Å²) in [6.45, 7) is 1.81. The van der Waals surface area contributed by atoms with Gasteiger partial charge in [0.2, 0.25) is 0 Å². The fourth-order valence-electron chi connectivity index (χ4n) is 1.92. The Hall–Kier alpha value is -0.450. The average molecular weight is 264 g/mol. The first-order valence-electron chi connectivity index (χ1n) is 5.22. The van der Waals surface area contributed by atoms with Crippen molar-refractivity contribution in [3.8, 4) is 0 Å². The third kappa shape index (κ3) is 3.27. The van der Waals surface area contributed by atoms with Crippen molar-refractivity contribution in [2.45, 2.75) is 19.3 Å². The highest BCUT2D eigenvalue weighted by atomic mass is 35.5. The average Bonchev–Trinajstić information content (AvgIpc) is 2.66. The lowest BCUT2D eigenvalue weighted by Gasteiger charge is -2.21. The molecule has 0 unspecified atom stereocenters. The maximum atomic E-state index is 13.1. The summed E-state index contributed by atoms with van der Waals surface area (Å²) in [6.07, 6.45) is 2.05. The van der Waals surface area contributed by atoms with E-state index in [1.807, 2.05) is 0 Å². The van der Waals surface area contributed by atoms with E-state index in [1.165, 1.54) is 0 Å². The van der Waals surface area contributed by atoms with E-state index in [9.17, 15) is 9.18 Å². The number of hydrogen-bond donors (Lipinski definition) is 1. The standard InChI is InChI=1S/C11H14FNOS.ClH/c12-11-9(3-6-15-11)7-10(14)8-1-4-13-5-2-8;/h3,6,8,13H,1-2,4-5,7H2;1H. The first-order valence-corrected chi connectivity index (χ1v) is 6.10. The van der Waals surface area contributed by atoms with Crippen LogP contribution in [0.1, 0.15) is 18.4 Å². The first-order chi connectivity index (χ1) is 7.27. The monoisotopic (exact) mass is 263 g/mol. The van der Waals surface area contributed by atoms with Crippen LogP contribution in [-0.2, 0) is 11.2 Å². The molecule has 2 rings (SSSR count). The van der Waals surface area contributed by atoms with Crippen LogP contribution >= 0.6 is 23.7 Å². The molecule has 0 aliphatic carbocycles. The highest BCUT2D eigenvalue weighted by Crippen LogP contribution is 2.19. The summed E-state index contributed by atoms with van der Waals surface area (Å²) in [5, 5.41) is 4.70. The third-order valence-electron chi connectivity index (χ3n) is 2.85. The molecule has 1 aliphatic heterocycles. The number of nitrogens with one attached hydrogen (secondary N) is 1. The molecule has 0 aromatic carbocycles. The molecule has 16 heavy (non-hydrogen) atoms. The molecule has 2 nitrogen and oxygen atoms in total. The molecule has 0 spiro atoms. The molecule has 1 aliphatic rings. The van der Waals surface area contributed by atoms with Gasteiger partial charge in [0.25, 0.3) is 0 Å². The number of rotatable bonds is 3. The number of carbonyl (C=O) groups excluding carboxylic acids is 1. The Balaban J connectivity index is 0.00000128. The lowest BCUT2D eigenvalue weighted by Crippen LogP contribution is -2.32. The van der Waals surface area contributed by atoms with E-state index in [4.69, 9.17) is 0 Å². The van der Waals surface area contributed by atoms with E-state index in [2.05, 4.69) is 5.32 Å². The van der Waals surface area contributed by atoms with Crippen LogP contribution in [0.5, 0.6) is 0 Å². The van der Waals surface area contributed by atoms with E-state index in [-0.39, 0.29) is 35.7 Å². The van der Waals surface area contributed by atoms with Gasteiger partial charge in [-0.3, -0.25) is 4.79 Å². The van der Waals surface area contributed by atoms with Crippen LogP contribution in [0, 0.1) is 11.0 Å². The Morgan fingerprint density at radius 2 is 2.19 bits per heavy atom. The number of ketones is 1. The summed E-state index contributed by atoms with van der Waals surface area (Å²) in [7, 11) is 0. The molecule has 5 heteroatoms. The van der Waals surface area contributed by atoms with Gasteiger partial charge in [0.05, 0.1) is 0 Å². The van der Waals surface area contributed by atoms with Crippen molar-refractivity contribution < 1.29 is 9.18 Å². The summed E-state index contributed by atoms with van der Waals surface area (Å²) in [5.41, 5.74) is 0.559. The van der Waals surface area contributed by atoms with Crippen LogP contribution in [0.2, 0.25) is 0 Å². The zero-order valence-electron chi connectivity index (χ0n) is 8.87. The van der Waals surface area contributed by atoms with Gasteiger partial charge in [-0.05, 0) is 37.4 Å². The summed E-state index contributed by atoms with van der Waals surface area (Å²) in [6, 6.07) is 1.71. The predicted octanol–water partition coefficient (Wildman–Crippen LogP) is 2.42. The molecule has 0 atom stereocenters. The van der Waals surface area contributed by atoms with Crippen molar-refractivity contribution in [3.05, 3.63) is 22.1 Å². The topological polar surface area (TPSA) is 29.1 Å². The fourth-order valence-corrected chi connectivity index (χ4v) is 2.56. The molecule has 2 heterocycles. The van der Waals surface area contributed by atoms with E-state index in [0.717, 1.165) is 37.3 Å². The van der Waals surface area contributed by atoms with Crippen molar-refractivity contribution in [3.63, 3.8) is 0 Å². The smallest absolute Gasteiger partial charge is 0.180 e. The molecule has 0 amide bonds. The highest BCUT2D eigenvalue weighted by molar-refractivity contribution is 7.08. The minimum atomic E-state index is -0.211. The lowest BCUT2D eigenvalue weighted by molar-refractivity contribution is -0.122. The number of Topliss-reactive ketones (excluding diaryl/α,β-unsaturated/α-hetero) is 1. The zero-order valence-corrected chi connectivity index (χ0v) is 10.5. The Morgan fingerprint density at radius 3 is 2.75 bits per heavy atom. The van der Waals surface area contributed by atoms with Gasteiger partial charge >= 0.3 is 0 Å². The summed E-state index contributed by atoms with van der Waals surface area (Å²) >= 11 is 1.06. The van der Waals surface area contributed by atoms with Gasteiger partial charge in [-0.2, -0.15) is 4.39 Å². The van der Waals surface area contributed by atoms with Crippen molar-refractivity contribution in [2.75, 3.05) is 13.1 Å². The molecule has 0 radical (unpaired) electrons. The molecular formula is C11H15ClFNOS. The second kappa shape index (κ2) is 6.33. The van der Waals surface area contributed by atoms with E-state index in [0.29, 0.717) is 5.56 Å². The predicted molar refractivity (Wildman–Crippen MR) is 65.8 cm³/mol. The minimum absolute atomic E-state index is 0. The van der Waals surface area contributed by atoms with Crippen LogP contribution in [0.3, 0.4) is 0 Å². The SMILES string of the molecule is Cl.O=C(Cc1ccsc1F)C1CCNCC1. The van der Waals surface area contributed by atoms with E-state index < -0.39 is 0 Å². The van der Waals surface area contributed by atoms with Gasteiger partial charge in [0, 0.05) is 17.9 Å². The van der Waals surface area contributed by atoms with Crippen molar-refractivity contribution >= 4 is 29.5 Å². The Morgan fingerprint density at radius 1 is 1.50 bits per heavy atom. The Labute approximate surface area is 105 Å². The van der Waals surface area contributed by atoms with Crippen LogP contribution < -0.4 is 5.32 Å². The number of halogens is 2. The van der Waals surface area contributed by atoms with Gasteiger partial charge in [-0.1, -0.05) is 0 Å². The summed E-state index contributed by atoms with van der Waals surface area (Å²) in [5.74, 6) is 0.319. The summed E-state index contributed by atoms with van der Waals surface area (Å²) in [4.78, 5) is 11.8. The maximum Gasteiger partial charge on any atom is 0.180 e. The Kier molecular flexibility index (Phi) is 5.38. The minimum Gasteiger partial charge on any atom is -0.317 e. The normalized spacial score (nSPS) is 16.8. The van der Waals surface area contributed by atoms with Gasteiger partial charge in [-0.25, -0.2) is 0 Å². The molecular weight excluding hydrogens is 249 g/mol. The van der Waals surface area contributed by atoms with Gasteiger partial charge < -0.3 is 5.32 Å². The third-order valence-corrected chi connectivity index (χ3v) is 3.59. The largest absolute Gasteiger partial charge is 0.317 e. The van der Waals surface area contributed by atoms with Crippen LogP contribution in [0.15, 0.2) is 11.4 Å². The molecule has 0 bridgehead atoms. The van der Waals surface area contributed by atoms with Crippen LogP contribution in [0.4, 0.5) is 4.39 Å². The van der Waals surface area contributed by atoms with Gasteiger partial charge in [-0.15, -0.1) is 23.7 Å². The number of piperidine rings is 1. The molecule has 0 saturated carbocycles. The summed E-state index contributed by atoms with van der Waals surface area (Å²) < 4.78 is 13.1. The highest BCUT2D eigenvalue weighted by Gasteiger charge is 2.21. The van der Waals surface area contributed by atoms with Crippen molar-refractivity contribution in [1.29, 1.82) is 0 Å². The molecule has 1 N–H and O–H groups in total. The molecule has 90 valence electrons. The molecule has 1 saturated heterocycles. The second-order valence-electron chi connectivity index (χ2n) is 3.89. The fraction of sp³-hybridized carbons (Fsp3) is 0.545. The molecule has 1 aromatic rings. The zero-order chi connectivity index (χ0) is 10.7. The molecule has 1 fully saturated rings. The number of thiophene rings is 1. The van der Waals surface area contributed by atoms with E-state index in [1.54, 1.807) is 11.4 Å². The lowest BCUT2D eigenvalue weighted by atomic mass is 9.90. The van der Waals surface area contributed by atoms with Crippen molar-refractivity contribution in [2.24, 2.45) is 5.92 Å². The van der Waals surface area contributed by atoms with Crippen molar-refractivity contribution in [1.82, 2.24) is 5.32 Å². The second-order valence-corrected chi connectivity index (χ2v) is 4.75. The van der Waals surface area contributed by atoms with Crippen LogP contribution in [-0.4, -0.2) is 18.9 Å². The van der Waals surface area contributed by atoms with Crippen LogP contribution in [0.25, 0.3) is 0 Å². The van der Waals surface area contributed by atoms with E-state index >= 15 is 0 Å². The quantitative estimate of drug-likeness (QED) is 0.908. The maximum absolute atomic E-state index is 13.1. The number of carbonyl (C=O) groups is 1.